The average molecular weight is 270 g/mol. The maximum Gasteiger partial charge on any atom is 0.319 e. The Labute approximate surface area is 116 Å². The van der Waals surface area contributed by atoms with E-state index in [2.05, 4.69) is 16.6 Å². The molecule has 2 aromatic rings. The number of hydrogen-bond acceptors (Lipinski definition) is 3. The lowest BCUT2D eigenvalue weighted by atomic mass is 10.2. The molecule has 0 aliphatic heterocycles. The highest BCUT2D eigenvalue weighted by Gasteiger charge is 2.11. The zero-order chi connectivity index (χ0) is 14.4. The molecular formula is C15H14N2O3. The summed E-state index contributed by atoms with van der Waals surface area (Å²) in [5.41, 5.74) is 1.27. The molecule has 0 saturated heterocycles. The van der Waals surface area contributed by atoms with Gasteiger partial charge in [0.25, 0.3) is 0 Å². The van der Waals surface area contributed by atoms with E-state index in [-0.39, 0.29) is 6.54 Å². The summed E-state index contributed by atoms with van der Waals surface area (Å²) in [5.74, 6) is 2.89. The van der Waals surface area contributed by atoms with E-state index >= 15 is 0 Å². The topological polar surface area (TPSA) is 74.5 Å². The molecule has 2 amide bonds. The molecule has 102 valence electrons. The fourth-order valence-corrected chi connectivity index (χ4v) is 1.63. The molecule has 0 radical (unpaired) electrons. The molecule has 0 aliphatic rings. The molecule has 0 aliphatic carbocycles. The van der Waals surface area contributed by atoms with Gasteiger partial charge in [-0.25, -0.2) is 4.79 Å². The lowest BCUT2D eigenvalue weighted by molar-refractivity contribution is 0.149. The minimum absolute atomic E-state index is 0.0498. The van der Waals surface area contributed by atoms with Crippen LogP contribution in [0, 0.1) is 12.3 Å². The van der Waals surface area contributed by atoms with Crippen LogP contribution in [0.3, 0.4) is 0 Å². The van der Waals surface area contributed by atoms with Gasteiger partial charge in [0.1, 0.15) is 11.9 Å². The predicted molar refractivity (Wildman–Crippen MR) is 75.1 cm³/mol. The van der Waals surface area contributed by atoms with Crippen molar-refractivity contribution in [3.05, 3.63) is 54.0 Å². The van der Waals surface area contributed by atoms with Gasteiger partial charge in [-0.2, -0.15) is 0 Å². The molecular weight excluding hydrogens is 256 g/mol. The average Bonchev–Trinajstić information content (AvgIpc) is 2.99. The van der Waals surface area contributed by atoms with Crippen LogP contribution < -0.4 is 10.6 Å². The number of hydrogen-bond donors (Lipinski definition) is 3. The minimum Gasteiger partial charge on any atom is -0.467 e. The second-order valence-corrected chi connectivity index (χ2v) is 4.09. The van der Waals surface area contributed by atoms with Gasteiger partial charge in [-0.05, 0) is 30.3 Å². The zero-order valence-corrected chi connectivity index (χ0v) is 10.7. The summed E-state index contributed by atoms with van der Waals surface area (Å²) in [4.78, 5) is 11.7. The molecule has 5 nitrogen and oxygen atoms in total. The summed E-state index contributed by atoms with van der Waals surface area (Å²) in [6.07, 6.45) is 5.86. The number of nitrogens with one attached hydrogen (secondary N) is 2. The number of aliphatic hydroxyl groups excluding tert-OH is 1. The van der Waals surface area contributed by atoms with Crippen molar-refractivity contribution in [2.24, 2.45) is 0 Å². The monoisotopic (exact) mass is 270 g/mol. The molecule has 1 aromatic heterocycles. The standard InChI is InChI=1S/C15H14N2O3/c1-2-11-5-3-6-12(9-11)17-15(19)16-10-13(18)14-7-4-8-20-14/h1,3-9,13,18H,10H2,(H2,16,17,19). The Balaban J connectivity index is 1.85. The van der Waals surface area contributed by atoms with E-state index in [4.69, 9.17) is 10.8 Å². The van der Waals surface area contributed by atoms with Gasteiger partial charge < -0.3 is 20.2 Å². The summed E-state index contributed by atoms with van der Waals surface area (Å²) in [6.45, 7) is 0.0498. The highest BCUT2D eigenvalue weighted by molar-refractivity contribution is 5.89. The number of terminal acetylenes is 1. The highest BCUT2D eigenvalue weighted by atomic mass is 16.4. The van der Waals surface area contributed by atoms with Crippen molar-refractivity contribution in [2.75, 3.05) is 11.9 Å². The molecule has 2 rings (SSSR count). The van der Waals surface area contributed by atoms with Gasteiger partial charge in [-0.3, -0.25) is 0 Å². The molecule has 1 heterocycles. The van der Waals surface area contributed by atoms with Crippen molar-refractivity contribution < 1.29 is 14.3 Å². The van der Waals surface area contributed by atoms with Crippen molar-refractivity contribution in [1.82, 2.24) is 5.32 Å². The van der Waals surface area contributed by atoms with Crippen LogP contribution in [0.4, 0.5) is 10.5 Å². The van der Waals surface area contributed by atoms with Crippen LogP contribution in [-0.2, 0) is 0 Å². The third-order valence-electron chi connectivity index (χ3n) is 2.61. The van der Waals surface area contributed by atoms with Crippen LogP contribution in [0.1, 0.15) is 17.4 Å². The van der Waals surface area contributed by atoms with Crippen molar-refractivity contribution >= 4 is 11.7 Å². The van der Waals surface area contributed by atoms with Crippen molar-refractivity contribution in [3.8, 4) is 12.3 Å². The minimum atomic E-state index is -0.882. The number of rotatable bonds is 4. The van der Waals surface area contributed by atoms with Crippen molar-refractivity contribution in [1.29, 1.82) is 0 Å². The first-order chi connectivity index (χ1) is 9.69. The van der Waals surface area contributed by atoms with E-state index in [9.17, 15) is 9.90 Å². The van der Waals surface area contributed by atoms with Crippen LogP contribution in [0.15, 0.2) is 47.1 Å². The van der Waals surface area contributed by atoms with Gasteiger partial charge in [0, 0.05) is 11.3 Å². The fraction of sp³-hybridized carbons (Fsp3) is 0.133. The predicted octanol–water partition coefficient (Wildman–Crippen LogP) is 2.12. The first-order valence-electron chi connectivity index (χ1n) is 6.02. The Hall–Kier alpha value is -2.71. The van der Waals surface area contributed by atoms with Crippen LogP contribution in [-0.4, -0.2) is 17.7 Å². The van der Waals surface area contributed by atoms with Crippen LogP contribution >= 0.6 is 0 Å². The number of carbonyl (C=O) groups is 1. The third kappa shape index (κ3) is 3.64. The number of aliphatic hydroxyl groups is 1. The van der Waals surface area contributed by atoms with Crippen LogP contribution in [0.25, 0.3) is 0 Å². The van der Waals surface area contributed by atoms with Crippen LogP contribution in [0.5, 0.6) is 0 Å². The molecule has 5 heteroatoms. The van der Waals surface area contributed by atoms with Crippen LogP contribution in [0.2, 0.25) is 0 Å². The lowest BCUT2D eigenvalue weighted by Gasteiger charge is -2.11. The number of anilines is 1. The molecule has 1 atom stereocenters. The summed E-state index contributed by atoms with van der Waals surface area (Å²) in [7, 11) is 0. The molecule has 0 saturated carbocycles. The van der Waals surface area contributed by atoms with Crippen molar-refractivity contribution in [2.45, 2.75) is 6.10 Å². The first-order valence-corrected chi connectivity index (χ1v) is 6.02. The van der Waals surface area contributed by atoms with Gasteiger partial charge in [0.05, 0.1) is 12.8 Å². The van der Waals surface area contributed by atoms with E-state index in [1.54, 1.807) is 36.4 Å². The molecule has 0 bridgehead atoms. The smallest absolute Gasteiger partial charge is 0.319 e. The molecule has 1 aromatic carbocycles. The molecule has 1 unspecified atom stereocenters. The Morgan fingerprint density at radius 3 is 2.95 bits per heavy atom. The van der Waals surface area contributed by atoms with Gasteiger partial charge in [-0.15, -0.1) is 6.42 Å². The van der Waals surface area contributed by atoms with Gasteiger partial charge in [0.2, 0.25) is 0 Å². The zero-order valence-electron chi connectivity index (χ0n) is 10.7. The second-order valence-electron chi connectivity index (χ2n) is 4.09. The summed E-state index contributed by atoms with van der Waals surface area (Å²) < 4.78 is 5.03. The van der Waals surface area contributed by atoms with Crippen molar-refractivity contribution in [3.63, 3.8) is 0 Å². The van der Waals surface area contributed by atoms with E-state index in [1.807, 2.05) is 0 Å². The third-order valence-corrected chi connectivity index (χ3v) is 2.61. The first kappa shape index (κ1) is 13.7. The Kier molecular flexibility index (Phi) is 4.43. The quantitative estimate of drug-likeness (QED) is 0.745. The maximum absolute atomic E-state index is 11.7. The second kappa shape index (κ2) is 6.45. The SMILES string of the molecule is C#Cc1cccc(NC(=O)NCC(O)c2ccco2)c1. The van der Waals surface area contributed by atoms with Gasteiger partial charge in [0.15, 0.2) is 0 Å². The number of furan rings is 1. The molecule has 0 fully saturated rings. The van der Waals surface area contributed by atoms with Gasteiger partial charge >= 0.3 is 6.03 Å². The van der Waals surface area contributed by atoms with E-state index in [1.165, 1.54) is 6.26 Å². The molecule has 3 N–H and O–H groups in total. The number of amides is 2. The lowest BCUT2D eigenvalue weighted by Crippen LogP contribution is -2.32. The summed E-state index contributed by atoms with van der Waals surface area (Å²) in [6, 6.07) is 9.81. The van der Waals surface area contributed by atoms with E-state index in [0.717, 1.165) is 0 Å². The number of carbonyl (C=O) groups excluding carboxylic acids is 1. The normalized spacial score (nSPS) is 11.4. The van der Waals surface area contributed by atoms with E-state index < -0.39 is 12.1 Å². The summed E-state index contributed by atoms with van der Waals surface area (Å²) in [5, 5.41) is 14.9. The van der Waals surface area contributed by atoms with Gasteiger partial charge in [-0.1, -0.05) is 12.0 Å². The fourth-order valence-electron chi connectivity index (χ4n) is 1.63. The molecule has 0 spiro atoms. The highest BCUT2D eigenvalue weighted by Crippen LogP contribution is 2.12. The number of benzene rings is 1. The van der Waals surface area contributed by atoms with E-state index in [0.29, 0.717) is 17.0 Å². The largest absolute Gasteiger partial charge is 0.467 e. The number of urea groups is 1. The Bertz CT molecular complexity index is 614. The summed E-state index contributed by atoms with van der Waals surface area (Å²) >= 11 is 0. The molecule has 20 heavy (non-hydrogen) atoms. The Morgan fingerprint density at radius 2 is 2.25 bits per heavy atom. The maximum atomic E-state index is 11.7. The Morgan fingerprint density at radius 1 is 1.40 bits per heavy atom.